The molecule has 1 unspecified atom stereocenters. The van der Waals surface area contributed by atoms with Gasteiger partial charge in [-0.2, -0.15) is 0 Å². The summed E-state index contributed by atoms with van der Waals surface area (Å²) in [6.45, 7) is 3.24. The van der Waals surface area contributed by atoms with Crippen LogP contribution in [0, 0.1) is 0 Å². The van der Waals surface area contributed by atoms with Crippen molar-refractivity contribution in [1.82, 2.24) is 4.90 Å². The Balaban J connectivity index is 2.19. The molecule has 2 rings (SSSR count). The van der Waals surface area contributed by atoms with Gasteiger partial charge in [-0.15, -0.1) is 13.2 Å². The molecular weight excluding hydrogens is 269 g/mol. The van der Waals surface area contributed by atoms with E-state index in [-0.39, 0.29) is 11.8 Å². The van der Waals surface area contributed by atoms with Gasteiger partial charge in [0, 0.05) is 18.6 Å². The molecule has 1 aromatic carbocycles. The lowest BCUT2D eigenvalue weighted by Gasteiger charge is -2.30. The number of likely N-dealkylation sites (N-methyl/N-ethyl adjacent to an activating group) is 1. The Morgan fingerprint density at radius 3 is 2.60 bits per heavy atom. The third kappa shape index (κ3) is 3.86. The molecule has 0 saturated heterocycles. The summed E-state index contributed by atoms with van der Waals surface area (Å²) >= 11 is 0. The highest BCUT2D eigenvalue weighted by Crippen LogP contribution is 2.35. The first-order chi connectivity index (χ1) is 9.44. The fraction of sp³-hybridized carbons (Fsp3) is 0.571. The van der Waals surface area contributed by atoms with Crippen molar-refractivity contribution in [3.05, 3.63) is 29.8 Å². The van der Waals surface area contributed by atoms with Gasteiger partial charge < -0.3 is 10.5 Å². The van der Waals surface area contributed by atoms with E-state index in [9.17, 15) is 13.2 Å². The molecule has 1 aliphatic carbocycles. The fourth-order valence-corrected chi connectivity index (χ4v) is 2.52. The van der Waals surface area contributed by atoms with E-state index in [0.29, 0.717) is 12.6 Å². The zero-order chi connectivity index (χ0) is 14.8. The Bertz CT molecular complexity index is 446. The van der Waals surface area contributed by atoms with E-state index >= 15 is 0 Å². The van der Waals surface area contributed by atoms with Crippen LogP contribution in [0.3, 0.4) is 0 Å². The first kappa shape index (κ1) is 15.1. The Kier molecular flexibility index (Phi) is 4.55. The molecule has 1 aromatic rings. The molecule has 0 heterocycles. The van der Waals surface area contributed by atoms with Crippen molar-refractivity contribution in [2.24, 2.45) is 5.73 Å². The molecule has 6 heteroatoms. The summed E-state index contributed by atoms with van der Waals surface area (Å²) in [5.74, 6) is -0.194. The molecule has 20 heavy (non-hydrogen) atoms. The summed E-state index contributed by atoms with van der Waals surface area (Å²) in [7, 11) is 0. The number of hydrogen-bond donors (Lipinski definition) is 1. The quantitative estimate of drug-likeness (QED) is 0.874. The average molecular weight is 288 g/mol. The van der Waals surface area contributed by atoms with Crippen molar-refractivity contribution < 1.29 is 17.9 Å². The first-order valence-corrected chi connectivity index (χ1v) is 6.76. The summed E-state index contributed by atoms with van der Waals surface area (Å²) in [5.41, 5.74) is 6.59. The molecule has 0 amide bonds. The maximum absolute atomic E-state index is 12.3. The summed E-state index contributed by atoms with van der Waals surface area (Å²) in [5, 5.41) is 0. The van der Waals surface area contributed by atoms with Crippen LogP contribution in [0.1, 0.15) is 31.4 Å². The van der Waals surface area contributed by atoms with Crippen molar-refractivity contribution >= 4 is 0 Å². The lowest BCUT2D eigenvalue weighted by molar-refractivity contribution is -0.274. The molecule has 112 valence electrons. The van der Waals surface area contributed by atoms with Crippen molar-refractivity contribution in [3.63, 3.8) is 0 Å². The van der Waals surface area contributed by atoms with Gasteiger partial charge in [0.1, 0.15) is 5.75 Å². The van der Waals surface area contributed by atoms with E-state index in [2.05, 4.69) is 9.64 Å². The highest BCUT2D eigenvalue weighted by Gasteiger charge is 2.34. The molecular formula is C14H19F3N2O. The zero-order valence-corrected chi connectivity index (χ0v) is 11.4. The highest BCUT2D eigenvalue weighted by molar-refractivity contribution is 5.31. The van der Waals surface area contributed by atoms with Gasteiger partial charge in [-0.05, 0) is 37.1 Å². The van der Waals surface area contributed by atoms with Crippen LogP contribution in [0.5, 0.6) is 5.75 Å². The van der Waals surface area contributed by atoms with Gasteiger partial charge >= 0.3 is 6.36 Å². The van der Waals surface area contributed by atoms with Crippen molar-refractivity contribution in [1.29, 1.82) is 0 Å². The first-order valence-electron chi connectivity index (χ1n) is 6.76. The van der Waals surface area contributed by atoms with Crippen molar-refractivity contribution in [2.45, 2.75) is 38.2 Å². The molecule has 0 bridgehead atoms. The van der Waals surface area contributed by atoms with Crippen LogP contribution in [0.15, 0.2) is 24.3 Å². The summed E-state index contributed by atoms with van der Waals surface area (Å²) in [6.07, 6.45) is -2.41. The Hall–Kier alpha value is -1.27. The van der Waals surface area contributed by atoms with E-state index in [1.54, 1.807) is 12.1 Å². The number of nitrogens with two attached hydrogens (primary N) is 1. The molecule has 1 atom stereocenters. The third-order valence-corrected chi connectivity index (χ3v) is 3.48. The fourth-order valence-electron chi connectivity index (χ4n) is 2.52. The van der Waals surface area contributed by atoms with Gasteiger partial charge in [-0.3, -0.25) is 4.90 Å². The predicted octanol–water partition coefficient (Wildman–Crippen LogP) is 3.07. The predicted molar refractivity (Wildman–Crippen MR) is 70.3 cm³/mol. The van der Waals surface area contributed by atoms with Crippen LogP contribution in [0.2, 0.25) is 0 Å². The molecule has 2 N–H and O–H groups in total. The molecule has 0 aliphatic heterocycles. The maximum atomic E-state index is 12.3. The van der Waals surface area contributed by atoms with Gasteiger partial charge in [0.2, 0.25) is 0 Å². The van der Waals surface area contributed by atoms with E-state index in [0.717, 1.165) is 24.9 Å². The van der Waals surface area contributed by atoms with Crippen LogP contribution < -0.4 is 10.5 Å². The Morgan fingerprint density at radius 1 is 1.40 bits per heavy atom. The van der Waals surface area contributed by atoms with Crippen LogP contribution in [0.25, 0.3) is 0 Å². The minimum Gasteiger partial charge on any atom is -0.406 e. The highest BCUT2D eigenvalue weighted by atomic mass is 19.4. The zero-order valence-electron chi connectivity index (χ0n) is 11.4. The average Bonchev–Trinajstić information content (AvgIpc) is 3.18. The van der Waals surface area contributed by atoms with Crippen LogP contribution in [-0.4, -0.2) is 30.4 Å². The molecule has 1 aliphatic rings. The number of benzene rings is 1. The van der Waals surface area contributed by atoms with E-state index in [1.165, 1.54) is 12.1 Å². The van der Waals surface area contributed by atoms with Gasteiger partial charge in [-0.1, -0.05) is 19.1 Å². The van der Waals surface area contributed by atoms with Crippen LogP contribution in [0.4, 0.5) is 13.2 Å². The second-order valence-electron chi connectivity index (χ2n) is 4.93. The van der Waals surface area contributed by atoms with Crippen molar-refractivity contribution in [2.75, 3.05) is 13.1 Å². The molecule has 1 saturated carbocycles. The molecule has 3 nitrogen and oxygen atoms in total. The second-order valence-corrected chi connectivity index (χ2v) is 4.93. The Labute approximate surface area is 116 Å². The van der Waals surface area contributed by atoms with Gasteiger partial charge in [0.15, 0.2) is 0 Å². The van der Waals surface area contributed by atoms with E-state index in [4.69, 9.17) is 5.73 Å². The second kappa shape index (κ2) is 6.01. The van der Waals surface area contributed by atoms with Gasteiger partial charge in [-0.25, -0.2) is 0 Å². The minimum absolute atomic E-state index is 0.0655. The topological polar surface area (TPSA) is 38.5 Å². The smallest absolute Gasteiger partial charge is 0.406 e. The normalized spacial score (nSPS) is 17.3. The summed E-state index contributed by atoms with van der Waals surface area (Å²) in [4.78, 5) is 2.24. The summed E-state index contributed by atoms with van der Waals surface area (Å²) in [6, 6.07) is 6.53. The number of hydrogen-bond acceptors (Lipinski definition) is 3. The maximum Gasteiger partial charge on any atom is 0.573 e. The minimum atomic E-state index is -4.67. The lowest BCUT2D eigenvalue weighted by atomic mass is 10.0. The number of rotatable bonds is 6. The van der Waals surface area contributed by atoms with Crippen molar-refractivity contribution in [3.8, 4) is 5.75 Å². The van der Waals surface area contributed by atoms with Gasteiger partial charge in [0.05, 0.1) is 0 Å². The monoisotopic (exact) mass is 288 g/mol. The standard InChI is InChI=1S/C14H19F3N2O/c1-2-19(11-6-7-11)13(9-18)10-4-3-5-12(8-10)20-14(15,16)17/h3-5,8,11,13H,2,6-7,9,18H2,1H3. The van der Waals surface area contributed by atoms with E-state index in [1.807, 2.05) is 6.92 Å². The third-order valence-electron chi connectivity index (χ3n) is 3.48. The molecule has 0 spiro atoms. The van der Waals surface area contributed by atoms with Crippen LogP contribution in [-0.2, 0) is 0 Å². The SMILES string of the molecule is CCN(C1CC1)C(CN)c1cccc(OC(F)(F)F)c1. The largest absolute Gasteiger partial charge is 0.573 e. The summed E-state index contributed by atoms with van der Waals surface area (Å²) < 4.78 is 40.8. The number of ether oxygens (including phenoxy) is 1. The number of halogens is 3. The van der Waals surface area contributed by atoms with Crippen LogP contribution >= 0.6 is 0 Å². The Morgan fingerprint density at radius 2 is 2.10 bits per heavy atom. The molecule has 0 aromatic heterocycles. The molecule has 1 fully saturated rings. The van der Waals surface area contributed by atoms with E-state index < -0.39 is 6.36 Å². The number of nitrogens with zero attached hydrogens (tertiary/aromatic N) is 1. The lowest BCUT2D eigenvalue weighted by Crippen LogP contribution is -2.35. The molecule has 0 radical (unpaired) electrons. The number of alkyl halides is 3. The van der Waals surface area contributed by atoms with Gasteiger partial charge in [0.25, 0.3) is 0 Å².